The first-order chi connectivity index (χ1) is 12.8. The molecule has 0 fully saturated rings. The third kappa shape index (κ3) is 4.54. The molecule has 2 heterocycles. The van der Waals surface area contributed by atoms with Crippen LogP contribution in [0.5, 0.6) is 0 Å². The Labute approximate surface area is 163 Å². The first kappa shape index (κ1) is 19.5. The smallest absolute Gasteiger partial charge is 0.350 e. The average Bonchev–Trinajstić information content (AvgIpc) is 3.08. The lowest BCUT2D eigenvalue weighted by Crippen LogP contribution is -2.42. The summed E-state index contributed by atoms with van der Waals surface area (Å²) in [5.41, 5.74) is -0.111. The van der Waals surface area contributed by atoms with Crippen LogP contribution in [0.25, 0.3) is 0 Å². The Kier molecular flexibility index (Phi) is 5.62. The number of aromatic nitrogens is 1. The zero-order valence-electron chi connectivity index (χ0n) is 13.8. The number of halogens is 5. The van der Waals surface area contributed by atoms with Crippen LogP contribution in [0.2, 0.25) is 10.0 Å². The summed E-state index contributed by atoms with van der Waals surface area (Å²) in [6, 6.07) is 7.22. The number of benzene rings is 1. The van der Waals surface area contributed by atoms with Crippen LogP contribution in [-0.2, 0) is 17.5 Å². The average molecular weight is 416 g/mol. The second kappa shape index (κ2) is 7.78. The number of rotatable bonds is 4. The summed E-state index contributed by atoms with van der Waals surface area (Å²) in [6.45, 7) is 0.276. The summed E-state index contributed by atoms with van der Waals surface area (Å²) < 4.78 is 38.3. The second-order valence-electron chi connectivity index (χ2n) is 5.92. The van der Waals surface area contributed by atoms with Crippen molar-refractivity contribution < 1.29 is 18.0 Å². The van der Waals surface area contributed by atoms with E-state index in [4.69, 9.17) is 23.2 Å². The van der Waals surface area contributed by atoms with Crippen molar-refractivity contribution in [2.75, 3.05) is 4.90 Å². The molecule has 0 spiro atoms. The van der Waals surface area contributed by atoms with Crippen molar-refractivity contribution in [1.29, 1.82) is 0 Å². The molecule has 0 radical (unpaired) electrons. The minimum absolute atomic E-state index is 0.0984. The standard InChI is InChI=1S/C18H14Cl2F3N3O/c19-13-4-1-3-11(7-13)9-25-17(27)15-5-2-6-26(15)16-14(20)8-12(10-24-16)18(21,22)23/h1-4,6-8,10,15H,5,9H2,(H,25,27). The van der Waals surface area contributed by atoms with Crippen LogP contribution in [0.1, 0.15) is 17.5 Å². The van der Waals surface area contributed by atoms with Crippen LogP contribution in [0.15, 0.2) is 48.8 Å². The Morgan fingerprint density at radius 2 is 2.07 bits per heavy atom. The lowest BCUT2D eigenvalue weighted by atomic mass is 10.2. The predicted molar refractivity (Wildman–Crippen MR) is 97.6 cm³/mol. The van der Waals surface area contributed by atoms with Gasteiger partial charge >= 0.3 is 6.18 Å². The zero-order valence-corrected chi connectivity index (χ0v) is 15.3. The number of amides is 1. The molecule has 1 aliphatic heterocycles. The lowest BCUT2D eigenvalue weighted by Gasteiger charge is -2.25. The van der Waals surface area contributed by atoms with Gasteiger partial charge in [-0.3, -0.25) is 4.79 Å². The van der Waals surface area contributed by atoms with Crippen LogP contribution in [-0.4, -0.2) is 16.9 Å². The van der Waals surface area contributed by atoms with Gasteiger partial charge in [0.2, 0.25) is 5.91 Å². The van der Waals surface area contributed by atoms with Crippen molar-refractivity contribution in [1.82, 2.24) is 10.3 Å². The maximum absolute atomic E-state index is 12.8. The van der Waals surface area contributed by atoms with E-state index in [0.717, 1.165) is 11.6 Å². The number of nitrogens with one attached hydrogen (secondary N) is 1. The highest BCUT2D eigenvalue weighted by Crippen LogP contribution is 2.35. The first-order valence-corrected chi connectivity index (χ1v) is 8.71. The Hall–Kier alpha value is -2.25. The van der Waals surface area contributed by atoms with Gasteiger partial charge in [0.1, 0.15) is 6.04 Å². The summed E-state index contributed by atoms with van der Waals surface area (Å²) in [4.78, 5) is 17.8. The zero-order chi connectivity index (χ0) is 19.6. The molecule has 27 heavy (non-hydrogen) atoms. The van der Waals surface area contributed by atoms with Crippen LogP contribution in [0.3, 0.4) is 0 Å². The van der Waals surface area contributed by atoms with Gasteiger partial charge in [-0.25, -0.2) is 4.98 Å². The van der Waals surface area contributed by atoms with Gasteiger partial charge in [0.15, 0.2) is 5.82 Å². The van der Waals surface area contributed by atoms with E-state index >= 15 is 0 Å². The summed E-state index contributed by atoms with van der Waals surface area (Å²) in [5.74, 6) is -0.195. The van der Waals surface area contributed by atoms with Gasteiger partial charge in [0, 0.05) is 24.0 Å². The van der Waals surface area contributed by atoms with Gasteiger partial charge in [-0.1, -0.05) is 41.4 Å². The van der Waals surface area contributed by atoms with Crippen molar-refractivity contribution in [2.24, 2.45) is 0 Å². The Balaban J connectivity index is 1.73. The fourth-order valence-corrected chi connectivity index (χ4v) is 3.18. The van der Waals surface area contributed by atoms with E-state index in [1.807, 2.05) is 6.07 Å². The molecule has 0 saturated heterocycles. The molecular formula is C18H14Cl2F3N3O. The number of pyridine rings is 1. The van der Waals surface area contributed by atoms with Crippen molar-refractivity contribution in [3.8, 4) is 0 Å². The van der Waals surface area contributed by atoms with Crippen LogP contribution < -0.4 is 10.2 Å². The molecule has 142 valence electrons. The Bertz CT molecular complexity index is 886. The molecule has 3 rings (SSSR count). The fraction of sp³-hybridized carbons (Fsp3) is 0.222. The minimum atomic E-state index is -4.54. The van der Waals surface area contributed by atoms with Crippen LogP contribution >= 0.6 is 23.2 Å². The molecule has 9 heteroatoms. The molecule has 0 aliphatic carbocycles. The highest BCUT2D eigenvalue weighted by Gasteiger charge is 2.34. The van der Waals surface area contributed by atoms with Crippen molar-refractivity contribution in [3.05, 3.63) is 70.0 Å². The molecule has 1 amide bonds. The molecule has 4 nitrogen and oxygen atoms in total. The highest BCUT2D eigenvalue weighted by molar-refractivity contribution is 6.33. The van der Waals surface area contributed by atoms with Gasteiger partial charge in [-0.05, 0) is 30.2 Å². The van der Waals surface area contributed by atoms with E-state index in [0.29, 0.717) is 17.6 Å². The maximum atomic E-state index is 12.8. The van der Waals surface area contributed by atoms with Crippen molar-refractivity contribution in [2.45, 2.75) is 25.2 Å². The third-order valence-corrected chi connectivity index (χ3v) is 4.53. The normalized spacial score (nSPS) is 16.6. The monoisotopic (exact) mass is 415 g/mol. The number of hydrogen-bond donors (Lipinski definition) is 1. The Morgan fingerprint density at radius 3 is 2.74 bits per heavy atom. The van der Waals surface area contributed by atoms with E-state index in [1.165, 1.54) is 4.90 Å². The van der Waals surface area contributed by atoms with E-state index in [9.17, 15) is 18.0 Å². The summed E-state index contributed by atoms with van der Waals surface area (Å²) in [6.07, 6.45) is -0.122. The summed E-state index contributed by atoms with van der Waals surface area (Å²) >= 11 is 11.9. The van der Waals surface area contributed by atoms with Gasteiger partial charge in [0.25, 0.3) is 0 Å². The molecule has 0 bridgehead atoms. The molecule has 1 N–H and O–H groups in total. The van der Waals surface area contributed by atoms with Crippen LogP contribution in [0, 0.1) is 0 Å². The van der Waals surface area contributed by atoms with Gasteiger partial charge in [-0.2, -0.15) is 13.2 Å². The van der Waals surface area contributed by atoms with Gasteiger partial charge < -0.3 is 10.2 Å². The van der Waals surface area contributed by atoms with E-state index in [-0.39, 0.29) is 23.3 Å². The number of hydrogen-bond acceptors (Lipinski definition) is 3. The molecular weight excluding hydrogens is 402 g/mol. The number of carbonyl (C=O) groups is 1. The van der Waals surface area contributed by atoms with Gasteiger partial charge in [0.05, 0.1) is 10.6 Å². The molecule has 0 saturated carbocycles. The van der Waals surface area contributed by atoms with Crippen LogP contribution in [0.4, 0.5) is 19.0 Å². The highest BCUT2D eigenvalue weighted by atomic mass is 35.5. The van der Waals surface area contributed by atoms with Crippen molar-refractivity contribution in [3.63, 3.8) is 0 Å². The molecule has 1 aliphatic rings. The molecule has 1 atom stereocenters. The quantitative estimate of drug-likeness (QED) is 0.778. The maximum Gasteiger partial charge on any atom is 0.417 e. The molecule has 1 aromatic heterocycles. The van der Waals surface area contributed by atoms with Gasteiger partial charge in [-0.15, -0.1) is 0 Å². The minimum Gasteiger partial charge on any atom is -0.350 e. The predicted octanol–water partition coefficient (Wildman–Crippen LogP) is 4.82. The number of anilines is 1. The third-order valence-electron chi connectivity index (χ3n) is 4.01. The fourth-order valence-electron chi connectivity index (χ4n) is 2.70. The second-order valence-corrected chi connectivity index (χ2v) is 6.76. The van der Waals surface area contributed by atoms with E-state index in [2.05, 4.69) is 10.3 Å². The first-order valence-electron chi connectivity index (χ1n) is 7.95. The summed E-state index contributed by atoms with van der Waals surface area (Å²) in [7, 11) is 0. The number of alkyl halides is 3. The Morgan fingerprint density at radius 1 is 1.30 bits per heavy atom. The molecule has 2 aromatic rings. The molecule has 1 unspecified atom stereocenters. The summed E-state index contributed by atoms with van der Waals surface area (Å²) in [5, 5.41) is 3.18. The topological polar surface area (TPSA) is 45.2 Å². The van der Waals surface area contributed by atoms with Crippen molar-refractivity contribution >= 4 is 34.9 Å². The lowest BCUT2D eigenvalue weighted by molar-refractivity contribution is -0.137. The van der Waals surface area contributed by atoms with E-state index < -0.39 is 17.8 Å². The number of carbonyl (C=O) groups excluding carboxylic acids is 1. The number of nitrogens with zero attached hydrogens (tertiary/aromatic N) is 2. The largest absolute Gasteiger partial charge is 0.417 e. The molecule has 1 aromatic carbocycles. The SMILES string of the molecule is O=C(NCc1cccc(Cl)c1)C1CC=CN1c1ncc(C(F)(F)F)cc1Cl. The van der Waals surface area contributed by atoms with E-state index in [1.54, 1.807) is 30.5 Å².